The molecule has 1 aromatic carbocycles. The number of rotatable bonds is 1. The van der Waals surface area contributed by atoms with E-state index in [-0.39, 0.29) is 29.7 Å². The Kier molecular flexibility index (Phi) is 1.82. The van der Waals surface area contributed by atoms with Crippen LogP contribution in [0.15, 0.2) is 12.1 Å². The number of benzene rings is 1. The maximum absolute atomic E-state index is 10.7. The molecular weight excluding hydrogens is 186 g/mol. The van der Waals surface area contributed by atoms with Gasteiger partial charge in [-0.1, -0.05) is 6.07 Å². The van der Waals surface area contributed by atoms with Gasteiger partial charge < -0.3 is 20.7 Å². The third-order valence-electron chi connectivity index (χ3n) is 2.20. The highest BCUT2D eigenvalue weighted by Crippen LogP contribution is 2.40. The van der Waals surface area contributed by atoms with Crippen molar-refractivity contribution in [3.8, 4) is 11.5 Å². The van der Waals surface area contributed by atoms with E-state index in [1.807, 2.05) is 0 Å². The van der Waals surface area contributed by atoms with Gasteiger partial charge in [-0.3, -0.25) is 0 Å². The van der Waals surface area contributed by atoms with Gasteiger partial charge in [0.25, 0.3) is 0 Å². The van der Waals surface area contributed by atoms with Crippen molar-refractivity contribution in [1.29, 1.82) is 0 Å². The molecule has 0 amide bonds. The van der Waals surface area contributed by atoms with E-state index in [0.29, 0.717) is 5.56 Å². The zero-order valence-electron chi connectivity index (χ0n) is 7.23. The van der Waals surface area contributed by atoms with Crippen LogP contribution in [0, 0.1) is 0 Å². The molecular formula is C9H9NO4. The van der Waals surface area contributed by atoms with Crippen LogP contribution in [0.3, 0.4) is 0 Å². The Morgan fingerprint density at radius 1 is 1.57 bits per heavy atom. The number of hydrogen-bond donors (Lipinski definition) is 3. The van der Waals surface area contributed by atoms with Crippen LogP contribution >= 0.6 is 0 Å². The van der Waals surface area contributed by atoms with E-state index >= 15 is 0 Å². The van der Waals surface area contributed by atoms with Crippen LogP contribution in [0.4, 0.5) is 0 Å². The molecule has 1 heterocycles. The molecule has 0 fully saturated rings. The molecule has 0 spiro atoms. The first-order chi connectivity index (χ1) is 6.61. The molecule has 2 rings (SSSR count). The minimum Gasteiger partial charge on any atom is -0.504 e. The summed E-state index contributed by atoms with van der Waals surface area (Å²) in [5, 5.41) is 18.3. The predicted octanol–water partition coefficient (Wildman–Crippen LogP) is 0.483. The monoisotopic (exact) mass is 195 g/mol. The Labute approximate surface area is 79.7 Å². The Bertz CT molecular complexity index is 402. The summed E-state index contributed by atoms with van der Waals surface area (Å²) >= 11 is 0. The number of aromatic carboxylic acids is 1. The number of hydrogen-bond acceptors (Lipinski definition) is 4. The van der Waals surface area contributed by atoms with E-state index in [1.54, 1.807) is 6.07 Å². The number of aromatic hydroxyl groups is 1. The summed E-state index contributed by atoms with van der Waals surface area (Å²) in [7, 11) is 0. The van der Waals surface area contributed by atoms with Crippen molar-refractivity contribution < 1.29 is 19.7 Å². The number of fused-ring (bicyclic) bond motifs is 1. The summed E-state index contributed by atoms with van der Waals surface area (Å²) in [6.45, 7) is 0.270. The third kappa shape index (κ3) is 1.10. The molecule has 0 saturated heterocycles. The van der Waals surface area contributed by atoms with Crippen molar-refractivity contribution in [2.75, 3.05) is 6.61 Å². The molecule has 74 valence electrons. The molecule has 1 atom stereocenters. The van der Waals surface area contributed by atoms with E-state index in [1.165, 1.54) is 6.07 Å². The molecule has 5 nitrogen and oxygen atoms in total. The number of carboxylic acid groups (broad SMARTS) is 1. The Morgan fingerprint density at radius 2 is 2.29 bits per heavy atom. The molecule has 1 aliphatic rings. The highest BCUT2D eigenvalue weighted by atomic mass is 16.5. The lowest BCUT2D eigenvalue weighted by Gasteiger charge is -2.05. The minimum atomic E-state index is -1.19. The SMILES string of the molecule is N[C@@H]1COc2c1ccc(C(=O)O)c2O. The molecule has 1 aliphatic heterocycles. The molecule has 0 radical (unpaired) electrons. The van der Waals surface area contributed by atoms with Gasteiger partial charge in [-0.25, -0.2) is 4.79 Å². The van der Waals surface area contributed by atoms with Crippen LogP contribution in [-0.4, -0.2) is 22.8 Å². The van der Waals surface area contributed by atoms with E-state index in [0.717, 1.165) is 0 Å². The fourth-order valence-corrected chi connectivity index (χ4v) is 1.47. The smallest absolute Gasteiger partial charge is 0.339 e. The van der Waals surface area contributed by atoms with Gasteiger partial charge >= 0.3 is 5.97 Å². The van der Waals surface area contributed by atoms with Gasteiger partial charge in [-0.15, -0.1) is 0 Å². The molecule has 1 aromatic rings. The quantitative estimate of drug-likeness (QED) is 0.606. The Morgan fingerprint density at radius 3 is 2.93 bits per heavy atom. The van der Waals surface area contributed by atoms with Gasteiger partial charge in [-0.05, 0) is 6.07 Å². The number of carbonyl (C=O) groups is 1. The largest absolute Gasteiger partial charge is 0.504 e. The van der Waals surface area contributed by atoms with Gasteiger partial charge in [0.1, 0.15) is 12.2 Å². The van der Waals surface area contributed by atoms with E-state index in [2.05, 4.69) is 0 Å². The van der Waals surface area contributed by atoms with Gasteiger partial charge in [-0.2, -0.15) is 0 Å². The fourth-order valence-electron chi connectivity index (χ4n) is 1.47. The van der Waals surface area contributed by atoms with Gasteiger partial charge in [0, 0.05) is 5.56 Å². The average molecular weight is 195 g/mol. The summed E-state index contributed by atoms with van der Waals surface area (Å²) in [5.74, 6) is -1.34. The third-order valence-corrected chi connectivity index (χ3v) is 2.20. The normalized spacial score (nSPS) is 18.8. The highest BCUT2D eigenvalue weighted by Gasteiger charge is 2.26. The summed E-state index contributed by atoms with van der Waals surface area (Å²) in [6, 6.07) is 2.60. The summed E-state index contributed by atoms with van der Waals surface area (Å²) in [5.41, 5.74) is 6.14. The lowest BCUT2D eigenvalue weighted by Crippen LogP contribution is -2.10. The van der Waals surface area contributed by atoms with Crippen molar-refractivity contribution in [2.24, 2.45) is 5.73 Å². The first-order valence-corrected chi connectivity index (χ1v) is 4.09. The second-order valence-corrected chi connectivity index (χ2v) is 3.10. The Balaban J connectivity index is 2.58. The van der Waals surface area contributed by atoms with Gasteiger partial charge in [0.2, 0.25) is 0 Å². The van der Waals surface area contributed by atoms with Crippen LogP contribution in [0.25, 0.3) is 0 Å². The maximum Gasteiger partial charge on any atom is 0.339 e. The first kappa shape index (κ1) is 8.83. The molecule has 0 bridgehead atoms. The molecule has 4 N–H and O–H groups in total. The molecule has 0 unspecified atom stereocenters. The molecule has 0 aliphatic carbocycles. The highest BCUT2D eigenvalue weighted by molar-refractivity contribution is 5.92. The Hall–Kier alpha value is -1.75. The standard InChI is InChI=1S/C9H9NO4/c10-6-3-14-8-4(6)1-2-5(7(8)11)9(12)13/h1-2,6,11H,3,10H2,(H,12,13)/t6-/m1/s1. The van der Waals surface area contributed by atoms with Crippen molar-refractivity contribution >= 4 is 5.97 Å². The number of phenols is 1. The summed E-state index contributed by atoms with van der Waals surface area (Å²) in [4.78, 5) is 10.7. The van der Waals surface area contributed by atoms with Crippen molar-refractivity contribution in [3.63, 3.8) is 0 Å². The van der Waals surface area contributed by atoms with Crippen molar-refractivity contribution in [3.05, 3.63) is 23.3 Å². The zero-order valence-corrected chi connectivity index (χ0v) is 7.23. The summed E-state index contributed by atoms with van der Waals surface area (Å²) < 4.78 is 5.09. The second-order valence-electron chi connectivity index (χ2n) is 3.10. The minimum absolute atomic E-state index is 0.169. The maximum atomic E-state index is 10.7. The van der Waals surface area contributed by atoms with Crippen molar-refractivity contribution in [1.82, 2.24) is 0 Å². The molecule has 0 aromatic heterocycles. The number of nitrogens with two attached hydrogens (primary N) is 1. The fraction of sp³-hybridized carbons (Fsp3) is 0.222. The van der Waals surface area contributed by atoms with Crippen LogP contribution in [0.2, 0.25) is 0 Å². The lowest BCUT2D eigenvalue weighted by molar-refractivity contribution is 0.0693. The molecule has 14 heavy (non-hydrogen) atoms. The van der Waals surface area contributed by atoms with Crippen molar-refractivity contribution in [2.45, 2.75) is 6.04 Å². The number of carboxylic acids is 1. The van der Waals surface area contributed by atoms with E-state index in [4.69, 9.17) is 15.6 Å². The number of ether oxygens (including phenoxy) is 1. The van der Waals surface area contributed by atoms with E-state index in [9.17, 15) is 9.90 Å². The molecule has 0 saturated carbocycles. The summed E-state index contributed by atoms with van der Waals surface area (Å²) in [6.07, 6.45) is 0. The van der Waals surface area contributed by atoms with Crippen LogP contribution in [0.5, 0.6) is 11.5 Å². The van der Waals surface area contributed by atoms with Gasteiger partial charge in [0.05, 0.1) is 6.04 Å². The topological polar surface area (TPSA) is 92.8 Å². The lowest BCUT2D eigenvalue weighted by atomic mass is 10.1. The van der Waals surface area contributed by atoms with Crippen LogP contribution < -0.4 is 10.5 Å². The first-order valence-electron chi connectivity index (χ1n) is 4.09. The average Bonchev–Trinajstić information content (AvgIpc) is 2.49. The van der Waals surface area contributed by atoms with Crippen LogP contribution in [0.1, 0.15) is 22.0 Å². The predicted molar refractivity (Wildman–Crippen MR) is 47.5 cm³/mol. The van der Waals surface area contributed by atoms with E-state index < -0.39 is 5.97 Å². The second kappa shape index (κ2) is 2.88. The van der Waals surface area contributed by atoms with Crippen LogP contribution in [-0.2, 0) is 0 Å². The molecule has 5 heteroatoms. The zero-order chi connectivity index (χ0) is 10.3. The van der Waals surface area contributed by atoms with Gasteiger partial charge in [0.15, 0.2) is 11.5 Å².